The van der Waals surface area contributed by atoms with E-state index in [4.69, 9.17) is 10.5 Å². The summed E-state index contributed by atoms with van der Waals surface area (Å²) in [7, 11) is 0. The number of hydrogen-bond acceptors (Lipinski definition) is 3. The molecular formula is C2H8KN3O4. The normalized spacial score (nSPS) is 6.00. The zero-order chi connectivity index (χ0) is 6.57. The van der Waals surface area contributed by atoms with E-state index in [-0.39, 0.29) is 56.9 Å². The molecule has 0 radical (unpaired) electrons. The molecule has 0 saturated carbocycles. The van der Waals surface area contributed by atoms with Gasteiger partial charge in [0.1, 0.15) is 0 Å². The maximum atomic E-state index is 9.47. The van der Waals surface area contributed by atoms with E-state index in [0.717, 1.165) is 0 Å². The molecule has 0 spiro atoms. The molecule has 0 aliphatic heterocycles. The molecule has 0 unspecified atom stereocenters. The molecule has 7 N–H and O–H groups in total. The Labute approximate surface area is 99.1 Å². The molecule has 0 aromatic carbocycles. The molecule has 8 heteroatoms. The van der Waals surface area contributed by atoms with E-state index in [1.807, 2.05) is 0 Å². The van der Waals surface area contributed by atoms with Crippen molar-refractivity contribution < 1.29 is 20.2 Å². The molecule has 10 heavy (non-hydrogen) atoms. The Balaban J connectivity index is -0.000000245. The van der Waals surface area contributed by atoms with Crippen LogP contribution in [0.25, 0.3) is 0 Å². The van der Waals surface area contributed by atoms with Gasteiger partial charge in [-0.3, -0.25) is 5.41 Å². The monoisotopic (exact) mass is 177 g/mol. The van der Waals surface area contributed by atoms with Gasteiger partial charge in [-0.25, -0.2) is 4.79 Å². The predicted molar refractivity (Wildman–Crippen MR) is 34.9 cm³/mol. The number of hydrogen-bond donors (Lipinski definition) is 4. The zero-order valence-electron chi connectivity index (χ0n) is 4.34. The summed E-state index contributed by atoms with van der Waals surface area (Å²) < 4.78 is 0. The molecule has 0 aromatic rings. The number of carboxylic acid groups (broad SMARTS) is 1. The van der Waals surface area contributed by atoms with Gasteiger partial charge in [-0.05, 0) is 0 Å². The van der Waals surface area contributed by atoms with Gasteiger partial charge in [0, 0.05) is 0 Å². The standard InChI is InChI=1S/C2H5N3O3.K.H2O.H/c3-1(4)5-8-2(6)7;;;/h(H,6,7)(H4,3,4,5);;1H2;. The Morgan fingerprint density at radius 2 is 2.10 bits per heavy atom. The summed E-state index contributed by atoms with van der Waals surface area (Å²) in [5.74, 6) is -0.549. The summed E-state index contributed by atoms with van der Waals surface area (Å²) in [6.45, 7) is 0. The topological polar surface area (TPSA) is 140 Å². The number of guanidine groups is 1. The minimum absolute atomic E-state index is 0. The fourth-order valence-electron chi connectivity index (χ4n) is 0.0986. The first-order valence-corrected chi connectivity index (χ1v) is 1.62. The van der Waals surface area contributed by atoms with Crippen molar-refractivity contribution in [3.8, 4) is 0 Å². The van der Waals surface area contributed by atoms with E-state index >= 15 is 0 Å². The SMILES string of the molecule is N=C(N)NOC(=O)O.O.[KH]. The number of nitrogens with one attached hydrogen (secondary N) is 2. The third-order valence-electron chi connectivity index (χ3n) is 0.248. The van der Waals surface area contributed by atoms with Crippen molar-refractivity contribution in [3.63, 3.8) is 0 Å². The third kappa shape index (κ3) is 15.7. The molecule has 0 fully saturated rings. The first-order valence-electron chi connectivity index (χ1n) is 1.62. The molecule has 0 rings (SSSR count). The Kier molecular flexibility index (Phi) is 15.2. The number of carbonyl (C=O) groups is 1. The van der Waals surface area contributed by atoms with Crippen molar-refractivity contribution in [2.45, 2.75) is 0 Å². The average Bonchev–Trinajstić information content (AvgIpc) is 1.61. The van der Waals surface area contributed by atoms with Gasteiger partial charge in [0.05, 0.1) is 0 Å². The van der Waals surface area contributed by atoms with E-state index in [2.05, 4.69) is 10.6 Å². The van der Waals surface area contributed by atoms with Crippen LogP contribution >= 0.6 is 0 Å². The Bertz CT molecular complexity index is 103. The van der Waals surface area contributed by atoms with Crippen LogP contribution in [0.5, 0.6) is 0 Å². The number of rotatable bonds is 0. The summed E-state index contributed by atoms with van der Waals surface area (Å²) >= 11 is 0. The van der Waals surface area contributed by atoms with Crippen LogP contribution < -0.4 is 11.2 Å². The fourth-order valence-corrected chi connectivity index (χ4v) is 0.0986. The molecule has 0 aliphatic carbocycles. The molecule has 0 amide bonds. The van der Waals surface area contributed by atoms with Crippen LogP contribution in [0, 0.1) is 5.41 Å². The quantitative estimate of drug-likeness (QED) is 0.141. The Morgan fingerprint density at radius 3 is 2.20 bits per heavy atom. The van der Waals surface area contributed by atoms with Crippen LogP contribution in [-0.2, 0) is 4.84 Å². The van der Waals surface area contributed by atoms with Crippen molar-refractivity contribution in [1.82, 2.24) is 5.48 Å². The van der Waals surface area contributed by atoms with E-state index in [1.165, 1.54) is 0 Å². The summed E-state index contributed by atoms with van der Waals surface area (Å²) in [6, 6.07) is 0. The van der Waals surface area contributed by atoms with Gasteiger partial charge in [0.15, 0.2) is 0 Å². The van der Waals surface area contributed by atoms with Crippen molar-refractivity contribution in [3.05, 3.63) is 0 Å². The van der Waals surface area contributed by atoms with Gasteiger partial charge >= 0.3 is 57.5 Å². The van der Waals surface area contributed by atoms with Gasteiger partial charge in [-0.15, -0.1) is 0 Å². The van der Waals surface area contributed by atoms with Crippen molar-refractivity contribution in [1.29, 1.82) is 5.41 Å². The van der Waals surface area contributed by atoms with Crippen molar-refractivity contribution >= 4 is 63.5 Å². The van der Waals surface area contributed by atoms with Crippen molar-refractivity contribution in [2.75, 3.05) is 0 Å². The van der Waals surface area contributed by atoms with Gasteiger partial charge < -0.3 is 21.2 Å². The average molecular weight is 177 g/mol. The summed E-state index contributed by atoms with van der Waals surface area (Å²) in [6.07, 6.45) is -1.53. The van der Waals surface area contributed by atoms with Crippen LogP contribution in [0.15, 0.2) is 0 Å². The van der Waals surface area contributed by atoms with E-state index in [0.29, 0.717) is 0 Å². The molecule has 0 bridgehead atoms. The van der Waals surface area contributed by atoms with Gasteiger partial charge in [-0.1, -0.05) is 0 Å². The van der Waals surface area contributed by atoms with Gasteiger partial charge in [0.25, 0.3) is 0 Å². The first kappa shape index (κ1) is 16.6. The predicted octanol–water partition coefficient (Wildman–Crippen LogP) is -2.39. The first-order chi connectivity index (χ1) is 3.63. The number of nitrogens with two attached hydrogens (primary N) is 1. The Hall–Kier alpha value is 0.136. The van der Waals surface area contributed by atoms with Gasteiger partial charge in [-0.2, -0.15) is 5.48 Å². The maximum absolute atomic E-state index is 9.47. The molecular weight excluding hydrogens is 169 g/mol. The molecule has 0 atom stereocenters. The zero-order valence-corrected chi connectivity index (χ0v) is 4.34. The van der Waals surface area contributed by atoms with Crippen LogP contribution in [-0.4, -0.2) is 74.1 Å². The molecule has 0 heterocycles. The third-order valence-corrected chi connectivity index (χ3v) is 0.248. The summed E-state index contributed by atoms with van der Waals surface area (Å²) in [5.41, 5.74) is 6.23. The fraction of sp³-hybridized carbons (Fsp3) is 0. The molecule has 7 nitrogen and oxygen atoms in total. The molecule has 0 saturated heterocycles. The Morgan fingerprint density at radius 1 is 1.70 bits per heavy atom. The summed E-state index contributed by atoms with van der Waals surface area (Å²) in [4.78, 5) is 13.1. The molecule has 56 valence electrons. The molecule has 0 aliphatic rings. The van der Waals surface area contributed by atoms with Crippen LogP contribution in [0.2, 0.25) is 0 Å². The second-order valence-electron chi connectivity index (χ2n) is 0.884. The van der Waals surface area contributed by atoms with Crippen LogP contribution in [0.1, 0.15) is 0 Å². The van der Waals surface area contributed by atoms with E-state index < -0.39 is 12.1 Å². The van der Waals surface area contributed by atoms with Crippen LogP contribution in [0.4, 0.5) is 4.79 Å². The van der Waals surface area contributed by atoms with Crippen molar-refractivity contribution in [2.24, 2.45) is 5.73 Å². The minimum atomic E-state index is -1.53. The van der Waals surface area contributed by atoms with Crippen LogP contribution in [0.3, 0.4) is 0 Å². The van der Waals surface area contributed by atoms with E-state index in [1.54, 1.807) is 5.48 Å². The van der Waals surface area contributed by atoms with Gasteiger partial charge in [0.2, 0.25) is 5.96 Å². The summed E-state index contributed by atoms with van der Waals surface area (Å²) in [5, 5.41) is 14.1. The van der Waals surface area contributed by atoms with E-state index in [9.17, 15) is 4.79 Å². The second kappa shape index (κ2) is 9.14. The number of hydroxylamine groups is 1. The second-order valence-corrected chi connectivity index (χ2v) is 0.884. The molecule has 0 aromatic heterocycles.